The maximum atomic E-state index is 12.8. The van der Waals surface area contributed by atoms with Gasteiger partial charge in [-0.25, -0.2) is 4.39 Å². The van der Waals surface area contributed by atoms with Crippen molar-refractivity contribution in [2.24, 2.45) is 0 Å². The molecule has 6 heteroatoms. The van der Waals surface area contributed by atoms with E-state index >= 15 is 0 Å². The molecule has 0 aliphatic carbocycles. The van der Waals surface area contributed by atoms with Gasteiger partial charge in [-0.2, -0.15) is 5.26 Å². The minimum atomic E-state index is -0.633. The Morgan fingerprint density at radius 2 is 2.05 bits per heavy atom. The van der Waals surface area contributed by atoms with E-state index in [4.69, 9.17) is 14.8 Å². The minimum Gasteiger partial charge on any atom is -0.459 e. The number of nitriles is 1. The number of rotatable bonds is 4. The first kappa shape index (κ1) is 14.5. The third-order valence-electron chi connectivity index (χ3n) is 2.59. The van der Waals surface area contributed by atoms with Gasteiger partial charge in [-0.15, -0.1) is 0 Å². The predicted molar refractivity (Wildman–Crippen MR) is 73.3 cm³/mol. The largest absolute Gasteiger partial charge is 0.459 e. The second-order valence-corrected chi connectivity index (χ2v) is 4.09. The van der Waals surface area contributed by atoms with Crippen molar-refractivity contribution in [3.63, 3.8) is 0 Å². The van der Waals surface area contributed by atoms with Gasteiger partial charge in [-0.3, -0.25) is 4.79 Å². The van der Waals surface area contributed by atoms with Gasteiger partial charge in [0.15, 0.2) is 0 Å². The Morgan fingerprint density at radius 3 is 2.62 bits per heavy atom. The van der Waals surface area contributed by atoms with Gasteiger partial charge in [-0.05, 0) is 36.4 Å². The summed E-state index contributed by atoms with van der Waals surface area (Å²) in [6.07, 6.45) is 1.26. The number of nitrogens with one attached hydrogen (secondary N) is 1. The van der Waals surface area contributed by atoms with Crippen molar-refractivity contribution in [2.45, 2.75) is 6.61 Å². The molecular formula is C15H11FN2O3. The molecule has 2 N–H and O–H groups in total. The Hall–Kier alpha value is -2.91. The van der Waals surface area contributed by atoms with Crippen LogP contribution in [0.3, 0.4) is 0 Å². The molecule has 0 aliphatic heterocycles. The van der Waals surface area contributed by atoms with Gasteiger partial charge in [0.05, 0.1) is 0 Å². The fourth-order valence-electron chi connectivity index (χ4n) is 1.58. The lowest BCUT2D eigenvalue weighted by molar-refractivity contribution is -0.112. The van der Waals surface area contributed by atoms with Gasteiger partial charge in [-0.1, -0.05) is 0 Å². The first-order valence-corrected chi connectivity index (χ1v) is 6.00. The third-order valence-corrected chi connectivity index (χ3v) is 2.59. The molecule has 0 spiro atoms. The van der Waals surface area contributed by atoms with Gasteiger partial charge in [0, 0.05) is 11.8 Å². The van der Waals surface area contributed by atoms with Crippen LogP contribution < -0.4 is 5.32 Å². The van der Waals surface area contributed by atoms with Gasteiger partial charge in [0.25, 0.3) is 5.91 Å². The van der Waals surface area contributed by atoms with E-state index in [0.29, 0.717) is 11.4 Å². The van der Waals surface area contributed by atoms with Crippen LogP contribution in [0.5, 0.6) is 0 Å². The summed E-state index contributed by atoms with van der Waals surface area (Å²) in [7, 11) is 0. The fourth-order valence-corrected chi connectivity index (χ4v) is 1.58. The van der Waals surface area contributed by atoms with Crippen LogP contribution in [-0.2, 0) is 11.4 Å². The van der Waals surface area contributed by atoms with Crippen LogP contribution in [0.1, 0.15) is 11.5 Å². The van der Waals surface area contributed by atoms with Crippen LogP contribution in [0.4, 0.5) is 10.1 Å². The topological polar surface area (TPSA) is 86.3 Å². The first-order chi connectivity index (χ1) is 10.1. The van der Waals surface area contributed by atoms with Crippen molar-refractivity contribution in [3.8, 4) is 6.07 Å². The maximum Gasteiger partial charge on any atom is 0.266 e. The molecule has 21 heavy (non-hydrogen) atoms. The highest BCUT2D eigenvalue weighted by Gasteiger charge is 2.11. The van der Waals surface area contributed by atoms with Crippen molar-refractivity contribution in [1.82, 2.24) is 0 Å². The molecule has 1 heterocycles. The highest BCUT2D eigenvalue weighted by molar-refractivity contribution is 6.09. The Labute approximate surface area is 119 Å². The summed E-state index contributed by atoms with van der Waals surface area (Å²) in [5.74, 6) is -0.440. The van der Waals surface area contributed by atoms with Crippen molar-refractivity contribution in [2.75, 3.05) is 5.32 Å². The summed E-state index contributed by atoms with van der Waals surface area (Å²) in [6.45, 7) is -0.266. The number of aliphatic hydroxyl groups is 1. The van der Waals surface area contributed by atoms with E-state index in [2.05, 4.69) is 5.32 Å². The molecule has 1 aromatic heterocycles. The Balaban J connectivity index is 2.15. The van der Waals surface area contributed by atoms with Crippen molar-refractivity contribution in [1.29, 1.82) is 5.26 Å². The molecular weight excluding hydrogens is 275 g/mol. The summed E-state index contributed by atoms with van der Waals surface area (Å²) in [5, 5.41) is 20.4. The number of amides is 1. The first-order valence-electron chi connectivity index (χ1n) is 6.00. The van der Waals surface area contributed by atoms with Crippen molar-refractivity contribution >= 4 is 17.7 Å². The van der Waals surface area contributed by atoms with Gasteiger partial charge < -0.3 is 14.8 Å². The van der Waals surface area contributed by atoms with Crippen molar-refractivity contribution < 1.29 is 18.7 Å². The number of anilines is 1. The van der Waals surface area contributed by atoms with E-state index in [0.717, 1.165) is 0 Å². The van der Waals surface area contributed by atoms with E-state index in [9.17, 15) is 9.18 Å². The maximum absolute atomic E-state index is 12.8. The minimum absolute atomic E-state index is 0.168. The van der Waals surface area contributed by atoms with Crippen LogP contribution in [-0.4, -0.2) is 11.0 Å². The Bertz CT molecular complexity index is 711. The van der Waals surface area contributed by atoms with Gasteiger partial charge >= 0.3 is 0 Å². The Kier molecular flexibility index (Phi) is 4.49. The summed E-state index contributed by atoms with van der Waals surface area (Å²) >= 11 is 0. The molecule has 1 aromatic carbocycles. The summed E-state index contributed by atoms with van der Waals surface area (Å²) in [5.41, 5.74) is 0.205. The molecule has 0 saturated heterocycles. The molecule has 0 bridgehead atoms. The molecule has 2 aromatic rings. The zero-order valence-electron chi connectivity index (χ0n) is 10.8. The molecule has 5 nitrogen and oxygen atoms in total. The number of benzene rings is 1. The monoisotopic (exact) mass is 286 g/mol. The fraction of sp³-hybridized carbons (Fsp3) is 0.0667. The van der Waals surface area contributed by atoms with E-state index < -0.39 is 11.7 Å². The summed E-state index contributed by atoms with van der Waals surface area (Å²) in [4.78, 5) is 11.9. The normalized spacial score (nSPS) is 11.0. The smallest absolute Gasteiger partial charge is 0.266 e. The molecule has 0 atom stereocenters. The van der Waals surface area contributed by atoms with Crippen molar-refractivity contribution in [3.05, 3.63) is 59.3 Å². The van der Waals surface area contributed by atoms with Crippen LogP contribution in [0, 0.1) is 17.1 Å². The van der Waals surface area contributed by atoms with Crippen LogP contribution >= 0.6 is 0 Å². The molecule has 2 rings (SSSR count). The zero-order chi connectivity index (χ0) is 15.2. The number of carbonyl (C=O) groups is 1. The highest BCUT2D eigenvalue weighted by atomic mass is 19.1. The van der Waals surface area contributed by atoms with E-state index in [1.807, 2.05) is 0 Å². The number of halogens is 1. The lowest BCUT2D eigenvalue weighted by Crippen LogP contribution is -2.13. The third kappa shape index (κ3) is 3.78. The van der Waals surface area contributed by atoms with Crippen LogP contribution in [0.15, 0.2) is 46.4 Å². The SMILES string of the molecule is N#C/C(=C/c1ccc(CO)o1)C(=O)Nc1ccc(F)cc1. The average Bonchev–Trinajstić information content (AvgIpc) is 2.94. The number of furan rings is 1. The average molecular weight is 286 g/mol. The van der Waals surface area contributed by atoms with E-state index in [-0.39, 0.29) is 17.9 Å². The molecule has 106 valence electrons. The zero-order valence-corrected chi connectivity index (χ0v) is 10.8. The number of nitrogens with zero attached hydrogens (tertiary/aromatic N) is 1. The standard InChI is InChI=1S/C15H11FN2O3/c16-11-1-3-12(4-2-11)18-15(20)10(8-17)7-13-5-6-14(9-19)21-13/h1-7,19H,9H2,(H,18,20)/b10-7-. The van der Waals surface area contributed by atoms with Crippen LogP contribution in [0.2, 0.25) is 0 Å². The predicted octanol–water partition coefficient (Wildman–Crippen LogP) is 2.46. The lowest BCUT2D eigenvalue weighted by Gasteiger charge is -2.03. The van der Waals surface area contributed by atoms with E-state index in [1.54, 1.807) is 12.1 Å². The van der Waals surface area contributed by atoms with Crippen LogP contribution in [0.25, 0.3) is 6.08 Å². The van der Waals surface area contributed by atoms with Gasteiger partial charge in [0.1, 0.15) is 35.6 Å². The van der Waals surface area contributed by atoms with E-state index in [1.165, 1.54) is 36.4 Å². The second-order valence-electron chi connectivity index (χ2n) is 4.09. The second kappa shape index (κ2) is 6.50. The number of aliphatic hydroxyl groups excluding tert-OH is 1. The van der Waals surface area contributed by atoms with Gasteiger partial charge in [0.2, 0.25) is 0 Å². The quantitative estimate of drug-likeness (QED) is 0.667. The highest BCUT2D eigenvalue weighted by Crippen LogP contribution is 2.14. The molecule has 0 unspecified atom stereocenters. The molecule has 1 amide bonds. The molecule has 0 saturated carbocycles. The Morgan fingerprint density at radius 1 is 1.33 bits per heavy atom. The number of hydrogen-bond acceptors (Lipinski definition) is 4. The summed E-state index contributed by atoms with van der Waals surface area (Å²) in [6, 6.07) is 10.0. The number of hydrogen-bond donors (Lipinski definition) is 2. The lowest BCUT2D eigenvalue weighted by atomic mass is 10.2. The summed E-state index contributed by atoms with van der Waals surface area (Å²) < 4.78 is 17.9. The molecule has 0 radical (unpaired) electrons. The molecule has 0 fully saturated rings. The molecule has 0 aliphatic rings. The number of carbonyl (C=O) groups excluding carboxylic acids is 1.